The molecule has 2 aliphatic carbocycles. The summed E-state index contributed by atoms with van der Waals surface area (Å²) >= 11 is 0. The van der Waals surface area contributed by atoms with E-state index in [0.29, 0.717) is 5.92 Å². The Hall–Kier alpha value is -1.40. The first-order chi connectivity index (χ1) is 10.7. The van der Waals surface area contributed by atoms with Gasteiger partial charge in [-0.05, 0) is 86.8 Å². The van der Waals surface area contributed by atoms with Gasteiger partial charge < -0.3 is 5.11 Å². The largest absolute Gasteiger partial charge is 0.393 e. The molecule has 2 aliphatic rings. The fraction of sp³-hybridized carbons (Fsp3) is 0.632. The number of halogens is 1. The second kappa shape index (κ2) is 6.79. The molecule has 1 aromatic carbocycles. The van der Waals surface area contributed by atoms with Gasteiger partial charge in [0, 0.05) is 0 Å². The fourth-order valence-electron chi connectivity index (χ4n) is 4.37. The standard InChI is InChI=1S/C19H24FNO/c20-19-11-16(5-6-17(19)12-21)15-3-1-13(2-4-15)14-7-9-18(22)10-8-14/h5-6,11,13-15,18,22H,1-4,7-10H2. The Morgan fingerprint density at radius 1 is 0.955 bits per heavy atom. The van der Waals surface area contributed by atoms with Crippen molar-refractivity contribution < 1.29 is 9.50 Å². The number of aliphatic hydroxyl groups is 1. The summed E-state index contributed by atoms with van der Waals surface area (Å²) in [5.41, 5.74) is 1.19. The SMILES string of the molecule is N#Cc1ccc(C2CCC(C3CCC(O)CC3)CC2)cc1F. The summed E-state index contributed by atoms with van der Waals surface area (Å²) < 4.78 is 13.8. The Morgan fingerprint density at radius 3 is 2.09 bits per heavy atom. The third kappa shape index (κ3) is 3.33. The molecular weight excluding hydrogens is 277 g/mol. The summed E-state index contributed by atoms with van der Waals surface area (Å²) in [4.78, 5) is 0. The summed E-state index contributed by atoms with van der Waals surface area (Å²) in [6.45, 7) is 0. The third-order valence-electron chi connectivity index (χ3n) is 5.76. The van der Waals surface area contributed by atoms with Crippen LogP contribution < -0.4 is 0 Å². The van der Waals surface area contributed by atoms with Gasteiger partial charge in [0.2, 0.25) is 0 Å². The van der Waals surface area contributed by atoms with E-state index in [1.807, 2.05) is 12.1 Å². The van der Waals surface area contributed by atoms with Crippen molar-refractivity contribution in [1.29, 1.82) is 5.26 Å². The molecule has 2 fully saturated rings. The molecule has 1 N–H and O–H groups in total. The lowest BCUT2D eigenvalue weighted by Crippen LogP contribution is -2.27. The molecule has 0 heterocycles. The average Bonchev–Trinajstić information content (AvgIpc) is 2.56. The lowest BCUT2D eigenvalue weighted by atomic mass is 9.69. The Bertz CT molecular complexity index is 549. The first kappa shape index (κ1) is 15.5. The van der Waals surface area contributed by atoms with Gasteiger partial charge in [0.05, 0.1) is 11.7 Å². The maximum Gasteiger partial charge on any atom is 0.141 e. The second-order valence-corrected chi connectivity index (χ2v) is 7.03. The third-order valence-corrected chi connectivity index (χ3v) is 5.76. The van der Waals surface area contributed by atoms with E-state index in [1.54, 1.807) is 12.1 Å². The van der Waals surface area contributed by atoms with Gasteiger partial charge in [0.1, 0.15) is 11.9 Å². The summed E-state index contributed by atoms with van der Waals surface area (Å²) in [6.07, 6.45) is 8.86. The first-order valence-electron chi connectivity index (χ1n) is 8.55. The molecule has 0 spiro atoms. The number of hydrogen-bond acceptors (Lipinski definition) is 2. The number of benzene rings is 1. The molecule has 2 nitrogen and oxygen atoms in total. The minimum Gasteiger partial charge on any atom is -0.393 e. The lowest BCUT2D eigenvalue weighted by Gasteiger charge is -2.37. The summed E-state index contributed by atoms with van der Waals surface area (Å²) in [6, 6.07) is 6.97. The van der Waals surface area contributed by atoms with Crippen molar-refractivity contribution in [3.63, 3.8) is 0 Å². The topological polar surface area (TPSA) is 44.0 Å². The Kier molecular flexibility index (Phi) is 4.78. The van der Waals surface area contributed by atoms with Gasteiger partial charge in [-0.3, -0.25) is 0 Å². The van der Waals surface area contributed by atoms with E-state index in [9.17, 15) is 9.50 Å². The quantitative estimate of drug-likeness (QED) is 0.872. The van der Waals surface area contributed by atoms with Gasteiger partial charge in [-0.1, -0.05) is 6.07 Å². The molecule has 1 aromatic rings. The van der Waals surface area contributed by atoms with E-state index in [0.717, 1.165) is 43.1 Å². The monoisotopic (exact) mass is 301 g/mol. The predicted octanol–water partition coefficient (Wildman–Crippen LogP) is 4.52. The van der Waals surface area contributed by atoms with Crippen LogP contribution in [0.2, 0.25) is 0 Å². The molecular formula is C19H24FNO. The molecule has 0 saturated heterocycles. The lowest BCUT2D eigenvalue weighted by molar-refractivity contribution is 0.0805. The number of aliphatic hydroxyl groups excluding tert-OH is 1. The maximum atomic E-state index is 13.8. The molecule has 22 heavy (non-hydrogen) atoms. The highest BCUT2D eigenvalue weighted by Gasteiger charge is 2.30. The van der Waals surface area contributed by atoms with Crippen LogP contribution in [0.1, 0.15) is 68.4 Å². The van der Waals surface area contributed by atoms with Gasteiger partial charge in [-0.25, -0.2) is 4.39 Å². The molecule has 3 heteroatoms. The van der Waals surface area contributed by atoms with Crippen molar-refractivity contribution in [3.8, 4) is 6.07 Å². The molecule has 3 rings (SSSR count). The van der Waals surface area contributed by atoms with E-state index in [1.165, 1.54) is 25.7 Å². The molecule has 0 unspecified atom stereocenters. The van der Waals surface area contributed by atoms with Crippen LogP contribution in [0.25, 0.3) is 0 Å². The van der Waals surface area contributed by atoms with Crippen molar-refractivity contribution in [2.75, 3.05) is 0 Å². The van der Waals surface area contributed by atoms with Gasteiger partial charge >= 0.3 is 0 Å². The zero-order valence-electron chi connectivity index (χ0n) is 13.0. The number of nitriles is 1. The number of hydrogen-bond donors (Lipinski definition) is 1. The van der Waals surface area contributed by atoms with Crippen LogP contribution in [0.5, 0.6) is 0 Å². The minimum atomic E-state index is -0.386. The van der Waals surface area contributed by atoms with Crippen LogP contribution in [-0.2, 0) is 0 Å². The van der Waals surface area contributed by atoms with Gasteiger partial charge in [-0.2, -0.15) is 5.26 Å². The van der Waals surface area contributed by atoms with Crippen LogP contribution in [0.3, 0.4) is 0 Å². The van der Waals surface area contributed by atoms with E-state index in [2.05, 4.69) is 0 Å². The highest BCUT2D eigenvalue weighted by Crippen LogP contribution is 2.43. The first-order valence-corrected chi connectivity index (χ1v) is 8.55. The predicted molar refractivity (Wildman–Crippen MR) is 83.8 cm³/mol. The second-order valence-electron chi connectivity index (χ2n) is 7.03. The Balaban J connectivity index is 1.57. The molecule has 0 bridgehead atoms. The average molecular weight is 301 g/mol. The molecule has 2 saturated carbocycles. The van der Waals surface area contributed by atoms with Crippen LogP contribution in [0, 0.1) is 29.0 Å². The molecule has 0 aliphatic heterocycles. The van der Waals surface area contributed by atoms with Crippen molar-refractivity contribution in [2.24, 2.45) is 11.8 Å². The highest BCUT2D eigenvalue weighted by atomic mass is 19.1. The van der Waals surface area contributed by atoms with E-state index < -0.39 is 0 Å². The Labute approximate surface area is 132 Å². The zero-order valence-corrected chi connectivity index (χ0v) is 13.0. The summed E-state index contributed by atoms with van der Waals surface area (Å²) in [7, 11) is 0. The molecule has 0 amide bonds. The van der Waals surface area contributed by atoms with Crippen LogP contribution in [0.15, 0.2) is 18.2 Å². The zero-order chi connectivity index (χ0) is 15.5. The highest BCUT2D eigenvalue weighted by molar-refractivity contribution is 5.34. The molecule has 0 atom stereocenters. The van der Waals surface area contributed by atoms with Gasteiger partial charge in [0.15, 0.2) is 0 Å². The van der Waals surface area contributed by atoms with Crippen LogP contribution >= 0.6 is 0 Å². The van der Waals surface area contributed by atoms with E-state index in [4.69, 9.17) is 5.26 Å². The fourth-order valence-corrected chi connectivity index (χ4v) is 4.37. The minimum absolute atomic E-state index is 0.0748. The van der Waals surface area contributed by atoms with Gasteiger partial charge in [0.25, 0.3) is 0 Å². The normalized spacial score (nSPS) is 32.4. The van der Waals surface area contributed by atoms with Crippen LogP contribution in [0.4, 0.5) is 4.39 Å². The van der Waals surface area contributed by atoms with Crippen molar-refractivity contribution >= 4 is 0 Å². The molecule has 118 valence electrons. The van der Waals surface area contributed by atoms with Crippen molar-refractivity contribution in [1.82, 2.24) is 0 Å². The molecule has 0 radical (unpaired) electrons. The smallest absolute Gasteiger partial charge is 0.141 e. The van der Waals surface area contributed by atoms with E-state index >= 15 is 0 Å². The number of rotatable bonds is 2. The van der Waals surface area contributed by atoms with Crippen molar-refractivity contribution in [2.45, 2.75) is 63.4 Å². The number of nitrogens with zero attached hydrogens (tertiary/aromatic N) is 1. The van der Waals surface area contributed by atoms with Crippen molar-refractivity contribution in [3.05, 3.63) is 35.1 Å². The molecule has 0 aromatic heterocycles. The Morgan fingerprint density at radius 2 is 1.55 bits per heavy atom. The summed E-state index contributed by atoms with van der Waals surface area (Å²) in [5, 5.41) is 18.4. The maximum absolute atomic E-state index is 13.8. The van der Waals surface area contributed by atoms with Crippen LogP contribution in [-0.4, -0.2) is 11.2 Å². The van der Waals surface area contributed by atoms with E-state index in [-0.39, 0.29) is 17.5 Å². The van der Waals surface area contributed by atoms with Gasteiger partial charge in [-0.15, -0.1) is 0 Å². The summed E-state index contributed by atoms with van der Waals surface area (Å²) in [5.74, 6) is 1.62.